The first-order valence-corrected chi connectivity index (χ1v) is 8.75. The van der Waals surface area contributed by atoms with Gasteiger partial charge in [0.05, 0.1) is 11.5 Å². The number of carbonyl (C=O) groups is 1. The predicted molar refractivity (Wildman–Crippen MR) is 92.9 cm³/mol. The van der Waals surface area contributed by atoms with Crippen molar-refractivity contribution in [3.8, 4) is 0 Å². The molecule has 4 heteroatoms. The Morgan fingerprint density at radius 3 is 2.57 bits per heavy atom. The monoisotopic (exact) mass is 316 g/mol. The minimum absolute atomic E-state index is 0.188. The largest absolute Gasteiger partial charge is 0.378 e. The molecule has 3 rings (SSSR count). The Morgan fingerprint density at radius 2 is 2.00 bits per heavy atom. The molecule has 0 spiro atoms. The van der Waals surface area contributed by atoms with Gasteiger partial charge in [-0.2, -0.15) is 0 Å². The van der Waals surface area contributed by atoms with Crippen molar-refractivity contribution in [1.29, 1.82) is 0 Å². The van der Waals surface area contributed by atoms with Gasteiger partial charge in [0, 0.05) is 39.5 Å². The lowest BCUT2D eigenvalue weighted by Gasteiger charge is -2.28. The van der Waals surface area contributed by atoms with Gasteiger partial charge in [-0.1, -0.05) is 19.1 Å². The molecule has 2 fully saturated rings. The highest BCUT2D eigenvalue weighted by molar-refractivity contribution is 5.91. The van der Waals surface area contributed by atoms with E-state index in [1.54, 1.807) is 0 Å². The first-order valence-electron chi connectivity index (χ1n) is 8.75. The number of anilines is 1. The molecule has 1 unspecified atom stereocenters. The van der Waals surface area contributed by atoms with Gasteiger partial charge < -0.3 is 14.5 Å². The number of ether oxygens (including phenoxy) is 1. The summed E-state index contributed by atoms with van der Waals surface area (Å²) in [7, 11) is 4.07. The smallest absolute Gasteiger partial charge is 0.233 e. The summed E-state index contributed by atoms with van der Waals surface area (Å²) in [6, 6.07) is 8.49. The second-order valence-electron chi connectivity index (χ2n) is 7.03. The molecule has 0 N–H and O–H groups in total. The summed E-state index contributed by atoms with van der Waals surface area (Å²) in [6.45, 7) is 4.47. The van der Waals surface area contributed by atoms with Crippen molar-refractivity contribution in [2.24, 2.45) is 0 Å². The normalized spacial score (nSPS) is 23.3. The third kappa shape index (κ3) is 3.23. The van der Waals surface area contributed by atoms with Crippen LogP contribution in [-0.4, -0.2) is 50.7 Å². The first-order chi connectivity index (χ1) is 11.1. The SMILES string of the molecule is CCC1CN(C(=O)C2(c3ccc(N(C)C)cc3)CC2)CCCO1. The average Bonchev–Trinajstić information content (AvgIpc) is 3.38. The maximum atomic E-state index is 13.2. The molecule has 1 saturated heterocycles. The molecule has 1 aromatic rings. The van der Waals surface area contributed by atoms with Crippen LogP contribution in [0.2, 0.25) is 0 Å². The van der Waals surface area contributed by atoms with Crippen LogP contribution >= 0.6 is 0 Å². The minimum atomic E-state index is -0.270. The molecule has 4 nitrogen and oxygen atoms in total. The third-order valence-electron chi connectivity index (χ3n) is 5.19. The average molecular weight is 316 g/mol. The number of hydrogen-bond acceptors (Lipinski definition) is 3. The molecule has 0 bridgehead atoms. The number of rotatable bonds is 4. The highest BCUT2D eigenvalue weighted by Gasteiger charge is 2.53. The summed E-state index contributed by atoms with van der Waals surface area (Å²) in [5.41, 5.74) is 2.07. The van der Waals surface area contributed by atoms with E-state index in [2.05, 4.69) is 36.1 Å². The number of carbonyl (C=O) groups excluding carboxylic acids is 1. The molecule has 1 saturated carbocycles. The number of amides is 1. The van der Waals surface area contributed by atoms with Crippen LogP contribution in [0.15, 0.2) is 24.3 Å². The standard InChI is InChI=1S/C19H28N2O2/c1-4-17-14-21(12-5-13-23-17)18(22)19(10-11-19)15-6-8-16(9-7-15)20(2)3/h6-9,17H,4-5,10-14H2,1-3H3. The quantitative estimate of drug-likeness (QED) is 0.856. The summed E-state index contributed by atoms with van der Waals surface area (Å²) < 4.78 is 5.81. The van der Waals surface area contributed by atoms with E-state index >= 15 is 0 Å². The Kier molecular flexibility index (Phi) is 4.62. The van der Waals surface area contributed by atoms with Gasteiger partial charge in [-0.3, -0.25) is 4.79 Å². The molecule has 1 heterocycles. The van der Waals surface area contributed by atoms with Gasteiger partial charge in [0.25, 0.3) is 0 Å². The first kappa shape index (κ1) is 16.3. The van der Waals surface area contributed by atoms with Gasteiger partial charge in [0.15, 0.2) is 0 Å². The van der Waals surface area contributed by atoms with Crippen LogP contribution in [0.1, 0.15) is 38.2 Å². The van der Waals surface area contributed by atoms with E-state index in [0.717, 1.165) is 45.4 Å². The van der Waals surface area contributed by atoms with Gasteiger partial charge in [-0.05, 0) is 43.4 Å². The van der Waals surface area contributed by atoms with E-state index in [1.165, 1.54) is 11.3 Å². The van der Waals surface area contributed by atoms with Gasteiger partial charge >= 0.3 is 0 Å². The highest BCUT2D eigenvalue weighted by atomic mass is 16.5. The molecule has 0 aromatic heterocycles. The molecule has 1 aliphatic heterocycles. The molecule has 126 valence electrons. The zero-order valence-corrected chi connectivity index (χ0v) is 14.5. The zero-order chi connectivity index (χ0) is 16.4. The molecule has 1 amide bonds. The molecular weight excluding hydrogens is 288 g/mol. The summed E-state index contributed by atoms with van der Waals surface area (Å²) >= 11 is 0. The summed E-state index contributed by atoms with van der Waals surface area (Å²) in [5, 5.41) is 0. The van der Waals surface area contributed by atoms with Crippen molar-refractivity contribution in [3.05, 3.63) is 29.8 Å². The lowest BCUT2D eigenvalue weighted by Crippen LogP contribution is -2.42. The van der Waals surface area contributed by atoms with E-state index in [9.17, 15) is 4.79 Å². The van der Waals surface area contributed by atoms with Crippen molar-refractivity contribution >= 4 is 11.6 Å². The second kappa shape index (κ2) is 6.52. The van der Waals surface area contributed by atoms with Crippen LogP contribution in [0.3, 0.4) is 0 Å². The molecular formula is C19H28N2O2. The Labute approximate surface area is 139 Å². The Morgan fingerprint density at radius 1 is 1.30 bits per heavy atom. The number of benzene rings is 1. The summed E-state index contributed by atoms with van der Waals surface area (Å²) in [5.74, 6) is 0.305. The zero-order valence-electron chi connectivity index (χ0n) is 14.5. The van der Waals surface area contributed by atoms with Crippen molar-refractivity contribution < 1.29 is 9.53 Å². The predicted octanol–water partition coefficient (Wildman–Crippen LogP) is 2.81. The molecule has 2 aliphatic rings. The van der Waals surface area contributed by atoms with Gasteiger partial charge in [0.2, 0.25) is 5.91 Å². The van der Waals surface area contributed by atoms with Crippen LogP contribution in [0.4, 0.5) is 5.69 Å². The minimum Gasteiger partial charge on any atom is -0.378 e. The Balaban J connectivity index is 1.77. The second-order valence-corrected chi connectivity index (χ2v) is 7.03. The van der Waals surface area contributed by atoms with E-state index in [4.69, 9.17) is 4.74 Å². The number of hydrogen-bond donors (Lipinski definition) is 0. The molecule has 23 heavy (non-hydrogen) atoms. The van der Waals surface area contributed by atoms with Crippen LogP contribution in [0, 0.1) is 0 Å². The summed E-state index contributed by atoms with van der Waals surface area (Å²) in [6.07, 6.45) is 4.04. The topological polar surface area (TPSA) is 32.8 Å². The fourth-order valence-corrected chi connectivity index (χ4v) is 3.46. The lowest BCUT2D eigenvalue weighted by molar-refractivity contribution is -0.134. The molecule has 1 atom stereocenters. The van der Waals surface area contributed by atoms with E-state index in [-0.39, 0.29) is 11.5 Å². The molecule has 1 aliphatic carbocycles. The van der Waals surface area contributed by atoms with Crippen molar-refractivity contribution in [1.82, 2.24) is 4.90 Å². The van der Waals surface area contributed by atoms with E-state index in [0.29, 0.717) is 5.91 Å². The van der Waals surface area contributed by atoms with Crippen molar-refractivity contribution in [2.75, 3.05) is 38.7 Å². The van der Waals surface area contributed by atoms with Crippen molar-refractivity contribution in [2.45, 2.75) is 44.1 Å². The van der Waals surface area contributed by atoms with Crippen LogP contribution in [-0.2, 0) is 14.9 Å². The van der Waals surface area contributed by atoms with E-state index in [1.807, 2.05) is 19.0 Å². The van der Waals surface area contributed by atoms with Crippen LogP contribution < -0.4 is 4.90 Å². The van der Waals surface area contributed by atoms with Gasteiger partial charge in [-0.15, -0.1) is 0 Å². The maximum absolute atomic E-state index is 13.2. The Bertz CT molecular complexity index is 549. The van der Waals surface area contributed by atoms with Gasteiger partial charge in [0.1, 0.15) is 0 Å². The van der Waals surface area contributed by atoms with Gasteiger partial charge in [-0.25, -0.2) is 0 Å². The maximum Gasteiger partial charge on any atom is 0.233 e. The third-order valence-corrected chi connectivity index (χ3v) is 5.19. The van der Waals surface area contributed by atoms with Crippen molar-refractivity contribution in [3.63, 3.8) is 0 Å². The molecule has 0 radical (unpaired) electrons. The van der Waals surface area contributed by atoms with Crippen LogP contribution in [0.5, 0.6) is 0 Å². The Hall–Kier alpha value is -1.55. The fraction of sp³-hybridized carbons (Fsp3) is 0.632. The number of nitrogens with zero attached hydrogens (tertiary/aromatic N) is 2. The molecule has 1 aromatic carbocycles. The van der Waals surface area contributed by atoms with E-state index < -0.39 is 0 Å². The van der Waals surface area contributed by atoms with Crippen LogP contribution in [0.25, 0.3) is 0 Å². The summed E-state index contributed by atoms with van der Waals surface area (Å²) in [4.78, 5) is 17.3. The highest BCUT2D eigenvalue weighted by Crippen LogP contribution is 2.50. The fourth-order valence-electron chi connectivity index (χ4n) is 3.46. The lowest BCUT2D eigenvalue weighted by atomic mass is 9.93.